The monoisotopic (exact) mass is 363 g/mol. The molecule has 0 aromatic heterocycles. The standard InChI is InChI=1S/C20H29NO5/c1-19(2,3)25-17(23)13-12-16(18(24)26-20(4,5)6)21(14-22)15-10-8-7-9-11-15/h7-11,14,16H,12-13H2,1-6H3. The summed E-state index contributed by atoms with van der Waals surface area (Å²) in [5, 5.41) is 0. The van der Waals surface area contributed by atoms with Crippen molar-refractivity contribution in [2.45, 2.75) is 71.6 Å². The first-order valence-corrected chi connectivity index (χ1v) is 8.66. The summed E-state index contributed by atoms with van der Waals surface area (Å²) in [6, 6.07) is 7.88. The highest BCUT2D eigenvalue weighted by atomic mass is 16.6. The summed E-state index contributed by atoms with van der Waals surface area (Å²) in [7, 11) is 0. The van der Waals surface area contributed by atoms with Gasteiger partial charge in [-0.15, -0.1) is 0 Å². The van der Waals surface area contributed by atoms with Crippen molar-refractivity contribution in [2.75, 3.05) is 4.90 Å². The molecule has 1 aromatic carbocycles. The van der Waals surface area contributed by atoms with Gasteiger partial charge in [0.05, 0.1) is 0 Å². The number of para-hydroxylation sites is 1. The molecule has 0 aliphatic rings. The maximum Gasteiger partial charge on any atom is 0.329 e. The third kappa shape index (κ3) is 7.68. The van der Waals surface area contributed by atoms with Crippen LogP contribution in [-0.4, -0.2) is 35.6 Å². The Kier molecular flexibility index (Phi) is 7.36. The molecule has 0 bridgehead atoms. The van der Waals surface area contributed by atoms with Crippen molar-refractivity contribution in [1.29, 1.82) is 0 Å². The van der Waals surface area contributed by atoms with Gasteiger partial charge >= 0.3 is 11.9 Å². The SMILES string of the molecule is CC(C)(C)OC(=O)CCC(C(=O)OC(C)(C)C)N(C=O)c1ccccc1. The van der Waals surface area contributed by atoms with Gasteiger partial charge in [0.25, 0.3) is 0 Å². The van der Waals surface area contributed by atoms with Gasteiger partial charge in [0.2, 0.25) is 6.41 Å². The zero-order valence-electron chi connectivity index (χ0n) is 16.4. The Labute approximate surface area is 155 Å². The van der Waals surface area contributed by atoms with Gasteiger partial charge in [-0.3, -0.25) is 9.59 Å². The van der Waals surface area contributed by atoms with Crippen molar-refractivity contribution in [2.24, 2.45) is 0 Å². The molecule has 0 saturated carbocycles. The van der Waals surface area contributed by atoms with E-state index in [1.165, 1.54) is 4.90 Å². The molecule has 0 fully saturated rings. The van der Waals surface area contributed by atoms with E-state index in [-0.39, 0.29) is 12.8 Å². The van der Waals surface area contributed by atoms with E-state index in [4.69, 9.17) is 9.47 Å². The number of hydrogen-bond acceptors (Lipinski definition) is 5. The average Bonchev–Trinajstić information content (AvgIpc) is 2.48. The van der Waals surface area contributed by atoms with Crippen LogP contribution < -0.4 is 4.90 Å². The van der Waals surface area contributed by atoms with Crippen LogP contribution in [0, 0.1) is 0 Å². The van der Waals surface area contributed by atoms with Crippen molar-refractivity contribution in [3.8, 4) is 0 Å². The number of hydrogen-bond donors (Lipinski definition) is 0. The Balaban J connectivity index is 3.00. The van der Waals surface area contributed by atoms with Gasteiger partial charge in [0, 0.05) is 12.1 Å². The Hall–Kier alpha value is -2.37. The lowest BCUT2D eigenvalue weighted by Crippen LogP contribution is -2.44. The highest BCUT2D eigenvalue weighted by Crippen LogP contribution is 2.21. The van der Waals surface area contributed by atoms with Crippen LogP contribution in [0.3, 0.4) is 0 Å². The largest absolute Gasteiger partial charge is 0.460 e. The molecular weight excluding hydrogens is 334 g/mol. The number of rotatable bonds is 7. The lowest BCUT2D eigenvalue weighted by molar-refractivity contribution is -0.158. The van der Waals surface area contributed by atoms with Crippen LogP contribution in [0.4, 0.5) is 5.69 Å². The van der Waals surface area contributed by atoms with Crippen molar-refractivity contribution in [3.05, 3.63) is 30.3 Å². The molecule has 6 nitrogen and oxygen atoms in total. The molecule has 0 aliphatic carbocycles. The van der Waals surface area contributed by atoms with Crippen LogP contribution >= 0.6 is 0 Å². The summed E-state index contributed by atoms with van der Waals surface area (Å²) in [6.45, 7) is 10.6. The third-order valence-electron chi connectivity index (χ3n) is 3.22. The zero-order chi connectivity index (χ0) is 20.0. The zero-order valence-corrected chi connectivity index (χ0v) is 16.4. The highest BCUT2D eigenvalue weighted by molar-refractivity contribution is 5.89. The lowest BCUT2D eigenvalue weighted by atomic mass is 10.1. The van der Waals surface area contributed by atoms with Crippen molar-refractivity contribution >= 4 is 24.0 Å². The van der Waals surface area contributed by atoms with Crippen LogP contribution in [0.2, 0.25) is 0 Å². The van der Waals surface area contributed by atoms with E-state index < -0.39 is 29.2 Å². The fourth-order valence-electron chi connectivity index (χ4n) is 2.30. The number of ether oxygens (including phenoxy) is 2. The van der Waals surface area contributed by atoms with E-state index in [0.717, 1.165) is 0 Å². The first-order valence-electron chi connectivity index (χ1n) is 8.66. The highest BCUT2D eigenvalue weighted by Gasteiger charge is 2.32. The Morgan fingerprint density at radius 1 is 1.00 bits per heavy atom. The maximum atomic E-state index is 12.7. The van der Waals surface area contributed by atoms with E-state index in [0.29, 0.717) is 12.1 Å². The van der Waals surface area contributed by atoms with Crippen LogP contribution in [0.1, 0.15) is 54.4 Å². The average molecular weight is 363 g/mol. The molecule has 144 valence electrons. The molecule has 1 unspecified atom stereocenters. The van der Waals surface area contributed by atoms with E-state index in [9.17, 15) is 14.4 Å². The predicted molar refractivity (Wildman–Crippen MR) is 99.7 cm³/mol. The van der Waals surface area contributed by atoms with E-state index in [2.05, 4.69) is 0 Å². The van der Waals surface area contributed by atoms with Crippen LogP contribution in [0.25, 0.3) is 0 Å². The number of esters is 2. The van der Waals surface area contributed by atoms with Crippen molar-refractivity contribution in [3.63, 3.8) is 0 Å². The van der Waals surface area contributed by atoms with Gasteiger partial charge in [-0.2, -0.15) is 0 Å². The van der Waals surface area contributed by atoms with Gasteiger partial charge < -0.3 is 14.4 Å². The molecule has 1 atom stereocenters. The number of benzene rings is 1. The molecule has 1 rings (SSSR count). The summed E-state index contributed by atoms with van der Waals surface area (Å²) in [5.74, 6) is -0.984. The van der Waals surface area contributed by atoms with Gasteiger partial charge in [0.1, 0.15) is 17.2 Å². The van der Waals surface area contributed by atoms with Crippen LogP contribution in [0.5, 0.6) is 0 Å². The second kappa shape index (κ2) is 8.83. The molecule has 0 radical (unpaired) electrons. The van der Waals surface area contributed by atoms with Crippen molar-refractivity contribution < 1.29 is 23.9 Å². The summed E-state index contributed by atoms with van der Waals surface area (Å²) in [6.07, 6.45) is 0.689. The second-order valence-corrected chi connectivity index (χ2v) is 8.02. The molecule has 6 heteroatoms. The summed E-state index contributed by atoms with van der Waals surface area (Å²) >= 11 is 0. The fourth-order valence-corrected chi connectivity index (χ4v) is 2.30. The van der Waals surface area contributed by atoms with Gasteiger partial charge in [-0.05, 0) is 60.1 Å². The Morgan fingerprint density at radius 3 is 2.00 bits per heavy atom. The number of carbonyl (C=O) groups is 3. The molecule has 0 N–H and O–H groups in total. The summed E-state index contributed by atoms with van der Waals surface area (Å²) in [5.41, 5.74) is -0.753. The van der Waals surface area contributed by atoms with E-state index in [1.54, 1.807) is 65.8 Å². The van der Waals surface area contributed by atoms with Gasteiger partial charge in [-0.25, -0.2) is 4.79 Å². The van der Waals surface area contributed by atoms with Crippen molar-refractivity contribution in [1.82, 2.24) is 0 Å². The summed E-state index contributed by atoms with van der Waals surface area (Å²) in [4.78, 5) is 37.7. The Morgan fingerprint density at radius 2 is 1.54 bits per heavy atom. The minimum absolute atomic E-state index is 0.00163. The lowest BCUT2D eigenvalue weighted by Gasteiger charge is -2.30. The predicted octanol–water partition coefficient (Wildman–Crippen LogP) is 3.48. The van der Waals surface area contributed by atoms with Gasteiger partial charge in [0.15, 0.2) is 0 Å². The Bertz CT molecular complexity index is 613. The first kappa shape index (κ1) is 21.7. The fraction of sp³-hybridized carbons (Fsp3) is 0.550. The molecule has 0 saturated heterocycles. The number of carbonyl (C=O) groups excluding carboxylic acids is 3. The van der Waals surface area contributed by atoms with Crippen LogP contribution in [0.15, 0.2) is 30.3 Å². The van der Waals surface area contributed by atoms with Gasteiger partial charge in [-0.1, -0.05) is 18.2 Å². The number of anilines is 1. The normalized spacial score (nSPS) is 12.8. The molecule has 1 aromatic rings. The molecule has 0 heterocycles. The topological polar surface area (TPSA) is 72.9 Å². The van der Waals surface area contributed by atoms with E-state index in [1.807, 2.05) is 6.07 Å². The maximum absolute atomic E-state index is 12.7. The smallest absolute Gasteiger partial charge is 0.329 e. The molecular formula is C20H29NO5. The first-order chi connectivity index (χ1) is 11.9. The quantitative estimate of drug-likeness (QED) is 0.548. The summed E-state index contributed by atoms with van der Waals surface area (Å²) < 4.78 is 10.7. The molecule has 0 aliphatic heterocycles. The number of amides is 1. The molecule has 1 amide bonds. The minimum atomic E-state index is -0.915. The number of nitrogens with zero attached hydrogens (tertiary/aromatic N) is 1. The second-order valence-electron chi connectivity index (χ2n) is 8.02. The third-order valence-corrected chi connectivity index (χ3v) is 3.22. The molecule has 26 heavy (non-hydrogen) atoms. The molecule has 0 spiro atoms. The van der Waals surface area contributed by atoms with Crippen LogP contribution in [-0.2, 0) is 23.9 Å². The minimum Gasteiger partial charge on any atom is -0.460 e. The van der Waals surface area contributed by atoms with E-state index >= 15 is 0 Å².